The minimum absolute atomic E-state index is 0.0646. The number of nitrogens with zero attached hydrogens (tertiary/aromatic N) is 2. The molecule has 2 aliphatic rings. The van der Waals surface area contributed by atoms with E-state index >= 15 is 0 Å². The molecule has 0 bridgehead atoms. The normalized spacial score (nSPS) is 25.1. The maximum absolute atomic E-state index is 14.1. The van der Waals surface area contributed by atoms with Crippen molar-refractivity contribution >= 4 is 11.8 Å². The second-order valence-corrected chi connectivity index (χ2v) is 7.14. The number of amides is 2. The van der Waals surface area contributed by atoms with Crippen molar-refractivity contribution < 1.29 is 23.1 Å². The number of benzene rings is 1. The Morgan fingerprint density at radius 3 is 2.71 bits per heavy atom. The molecule has 2 amide bonds. The Hall–Kier alpha value is -2.32. The van der Waals surface area contributed by atoms with Crippen LogP contribution in [0.15, 0.2) is 43.0 Å². The van der Waals surface area contributed by atoms with Gasteiger partial charge in [-0.05, 0) is 11.6 Å². The average Bonchev–Trinajstić information content (AvgIpc) is 2.70. The van der Waals surface area contributed by atoms with Gasteiger partial charge in [0.1, 0.15) is 12.1 Å². The van der Waals surface area contributed by atoms with E-state index in [0.29, 0.717) is 26.2 Å². The number of alkyl halides is 2. The molecule has 2 atom stereocenters. The number of piperidine rings is 1. The van der Waals surface area contributed by atoms with Gasteiger partial charge in [-0.3, -0.25) is 14.5 Å². The van der Waals surface area contributed by atoms with Crippen LogP contribution in [0.3, 0.4) is 0 Å². The van der Waals surface area contributed by atoms with E-state index < -0.39 is 30.4 Å². The molecule has 2 fully saturated rings. The molecule has 2 unspecified atom stereocenters. The van der Waals surface area contributed by atoms with Gasteiger partial charge >= 0.3 is 0 Å². The molecule has 0 aliphatic carbocycles. The molecule has 0 radical (unpaired) electrons. The Balaban J connectivity index is 1.60. The number of hydrogen-bond donors (Lipinski definition) is 1. The zero-order valence-electron chi connectivity index (χ0n) is 15.7. The molecule has 1 N–H and O–H groups in total. The minimum Gasteiger partial charge on any atom is -0.366 e. The van der Waals surface area contributed by atoms with Crippen molar-refractivity contribution in [2.45, 2.75) is 31.0 Å². The predicted octanol–water partition coefficient (Wildman–Crippen LogP) is 1.43. The highest BCUT2D eigenvalue weighted by atomic mass is 19.3. The highest BCUT2D eigenvalue weighted by Crippen LogP contribution is 2.29. The summed E-state index contributed by atoms with van der Waals surface area (Å²) in [6.07, 6.45) is -0.246. The smallest absolute Gasteiger partial charge is 0.271 e. The molecule has 2 aliphatic heterocycles. The van der Waals surface area contributed by atoms with Gasteiger partial charge in [0.05, 0.1) is 6.61 Å². The van der Waals surface area contributed by atoms with Gasteiger partial charge in [0.2, 0.25) is 5.91 Å². The summed E-state index contributed by atoms with van der Waals surface area (Å²) in [4.78, 5) is 27.8. The molecule has 2 heterocycles. The van der Waals surface area contributed by atoms with Crippen LogP contribution in [0.2, 0.25) is 0 Å². The standard InChI is InChI=1S/C20H25F2N3O3/c1-2-18(26)23-17-14-25(9-8-20(17,21)22)19(27)16-13-24(10-11-28-16)12-15-6-4-3-5-7-15/h2-7,16-17H,1,8-14H2,(H,23,26). The number of nitrogens with one attached hydrogen (secondary N) is 1. The summed E-state index contributed by atoms with van der Waals surface area (Å²) < 4.78 is 33.9. The Morgan fingerprint density at radius 1 is 1.25 bits per heavy atom. The maximum Gasteiger partial charge on any atom is 0.271 e. The van der Waals surface area contributed by atoms with Crippen molar-refractivity contribution in [2.75, 3.05) is 32.8 Å². The van der Waals surface area contributed by atoms with E-state index in [2.05, 4.69) is 16.8 Å². The SMILES string of the molecule is C=CC(=O)NC1CN(C(=O)C2CN(Cc3ccccc3)CCO2)CCC1(F)F. The number of hydrogen-bond acceptors (Lipinski definition) is 4. The topological polar surface area (TPSA) is 61.9 Å². The molecular weight excluding hydrogens is 368 g/mol. The van der Waals surface area contributed by atoms with Crippen molar-refractivity contribution in [3.05, 3.63) is 48.6 Å². The molecule has 1 aromatic carbocycles. The number of carbonyl (C=O) groups is 2. The van der Waals surface area contributed by atoms with Crippen molar-refractivity contribution in [1.82, 2.24) is 15.1 Å². The number of carbonyl (C=O) groups excluding carboxylic acids is 2. The van der Waals surface area contributed by atoms with E-state index in [1.54, 1.807) is 0 Å². The maximum atomic E-state index is 14.1. The van der Waals surface area contributed by atoms with Crippen LogP contribution in [0.1, 0.15) is 12.0 Å². The van der Waals surface area contributed by atoms with Gasteiger partial charge in [0.25, 0.3) is 11.8 Å². The van der Waals surface area contributed by atoms with Gasteiger partial charge < -0.3 is 15.0 Å². The predicted molar refractivity (Wildman–Crippen MR) is 99.7 cm³/mol. The first-order valence-electron chi connectivity index (χ1n) is 9.36. The second kappa shape index (κ2) is 8.79. The number of morpholine rings is 1. The Labute approximate surface area is 163 Å². The molecule has 0 aromatic heterocycles. The fourth-order valence-electron chi connectivity index (χ4n) is 3.53. The van der Waals surface area contributed by atoms with Gasteiger partial charge in [-0.25, -0.2) is 8.78 Å². The van der Waals surface area contributed by atoms with E-state index in [4.69, 9.17) is 4.74 Å². The molecular formula is C20H25F2N3O3. The molecule has 3 rings (SSSR count). The summed E-state index contributed by atoms with van der Waals surface area (Å²) in [6, 6.07) is 8.48. The van der Waals surface area contributed by atoms with Crippen molar-refractivity contribution in [3.63, 3.8) is 0 Å². The molecule has 152 valence electrons. The summed E-state index contributed by atoms with van der Waals surface area (Å²) in [5.74, 6) is -4.06. The highest BCUT2D eigenvalue weighted by Gasteiger charge is 2.46. The molecule has 8 heteroatoms. The Morgan fingerprint density at radius 2 is 2.00 bits per heavy atom. The van der Waals surface area contributed by atoms with Crippen molar-refractivity contribution in [1.29, 1.82) is 0 Å². The van der Waals surface area contributed by atoms with Gasteiger partial charge in [-0.15, -0.1) is 0 Å². The van der Waals surface area contributed by atoms with Crippen LogP contribution < -0.4 is 5.32 Å². The van der Waals surface area contributed by atoms with Crippen LogP contribution >= 0.6 is 0 Å². The Bertz CT molecular complexity index is 714. The summed E-state index contributed by atoms with van der Waals surface area (Å²) >= 11 is 0. The average molecular weight is 393 g/mol. The van der Waals surface area contributed by atoms with E-state index in [9.17, 15) is 18.4 Å². The van der Waals surface area contributed by atoms with Gasteiger partial charge in [-0.2, -0.15) is 0 Å². The van der Waals surface area contributed by atoms with Crippen molar-refractivity contribution in [2.24, 2.45) is 0 Å². The van der Waals surface area contributed by atoms with Gasteiger partial charge in [0.15, 0.2) is 0 Å². The van der Waals surface area contributed by atoms with Crippen LogP contribution in [0.4, 0.5) is 8.78 Å². The summed E-state index contributed by atoms with van der Waals surface area (Å²) in [5, 5.41) is 2.24. The summed E-state index contributed by atoms with van der Waals surface area (Å²) in [5.41, 5.74) is 1.14. The number of likely N-dealkylation sites (tertiary alicyclic amines) is 1. The lowest BCUT2D eigenvalue weighted by atomic mass is 10.00. The van der Waals surface area contributed by atoms with E-state index in [1.165, 1.54) is 4.90 Å². The fourth-order valence-corrected chi connectivity index (χ4v) is 3.53. The van der Waals surface area contributed by atoms with Crippen LogP contribution in [0, 0.1) is 0 Å². The van der Waals surface area contributed by atoms with Crippen LogP contribution in [0.5, 0.6) is 0 Å². The lowest BCUT2D eigenvalue weighted by molar-refractivity contribution is -0.158. The first-order chi connectivity index (χ1) is 13.4. The van der Waals surface area contributed by atoms with Gasteiger partial charge in [-0.1, -0.05) is 36.9 Å². The highest BCUT2D eigenvalue weighted by molar-refractivity contribution is 5.87. The molecule has 28 heavy (non-hydrogen) atoms. The zero-order valence-corrected chi connectivity index (χ0v) is 15.7. The van der Waals surface area contributed by atoms with Crippen molar-refractivity contribution in [3.8, 4) is 0 Å². The molecule has 0 spiro atoms. The third-order valence-electron chi connectivity index (χ3n) is 5.12. The monoisotopic (exact) mass is 393 g/mol. The number of rotatable bonds is 5. The third kappa shape index (κ3) is 4.94. The van der Waals surface area contributed by atoms with Gasteiger partial charge in [0, 0.05) is 39.1 Å². The summed E-state index contributed by atoms with van der Waals surface area (Å²) in [6.45, 7) is 5.19. The summed E-state index contributed by atoms with van der Waals surface area (Å²) in [7, 11) is 0. The van der Waals surface area contributed by atoms with E-state index in [-0.39, 0.29) is 19.0 Å². The van der Waals surface area contributed by atoms with E-state index in [0.717, 1.165) is 11.6 Å². The Kier molecular flexibility index (Phi) is 6.41. The molecule has 6 nitrogen and oxygen atoms in total. The van der Waals surface area contributed by atoms with Crippen LogP contribution in [-0.2, 0) is 20.9 Å². The van der Waals surface area contributed by atoms with Crippen LogP contribution in [-0.4, -0.2) is 72.5 Å². The number of halogens is 2. The largest absolute Gasteiger partial charge is 0.366 e. The zero-order chi connectivity index (χ0) is 20.1. The lowest BCUT2D eigenvalue weighted by Gasteiger charge is -2.41. The molecule has 1 aromatic rings. The second-order valence-electron chi connectivity index (χ2n) is 7.14. The molecule has 2 saturated heterocycles. The minimum atomic E-state index is -3.07. The quantitative estimate of drug-likeness (QED) is 0.769. The number of ether oxygens (including phenoxy) is 1. The van der Waals surface area contributed by atoms with Crippen LogP contribution in [0.25, 0.3) is 0 Å². The molecule has 0 saturated carbocycles. The first-order valence-corrected chi connectivity index (χ1v) is 9.36. The van der Waals surface area contributed by atoms with E-state index in [1.807, 2.05) is 30.3 Å². The first kappa shape index (κ1) is 20.4. The third-order valence-corrected chi connectivity index (χ3v) is 5.12. The fraction of sp³-hybridized carbons (Fsp3) is 0.500. The lowest BCUT2D eigenvalue weighted by Crippen LogP contribution is -2.61.